The Hall–Kier alpha value is -3.75. The van der Waals surface area contributed by atoms with Gasteiger partial charge in [0.2, 0.25) is 41.4 Å². The Kier molecular flexibility index (Phi) is 13.1. The summed E-state index contributed by atoms with van der Waals surface area (Å²) < 4.78 is 0. The Morgan fingerprint density at radius 2 is 0.611 bits per heavy atom. The van der Waals surface area contributed by atoms with E-state index in [0.717, 1.165) is 0 Å². The fourth-order valence-corrected chi connectivity index (χ4v) is 2.44. The second-order valence-electron chi connectivity index (χ2n) is 8.57. The normalized spacial score (nSPS) is 16.4. The first-order valence-electron chi connectivity index (χ1n) is 11.3. The van der Waals surface area contributed by atoms with Crippen LogP contribution in [0.4, 0.5) is 0 Å². The Balaban J connectivity index is 4.71. The van der Waals surface area contributed by atoms with Crippen molar-refractivity contribution in [2.24, 2.45) is 11.5 Å². The van der Waals surface area contributed by atoms with Gasteiger partial charge in [-0.15, -0.1) is 0 Å². The third-order valence-corrected chi connectivity index (χ3v) is 4.96. The summed E-state index contributed by atoms with van der Waals surface area (Å²) >= 11 is 0. The van der Waals surface area contributed by atoms with Crippen LogP contribution in [-0.4, -0.2) is 83.6 Å². The van der Waals surface area contributed by atoms with Gasteiger partial charge >= 0.3 is 0 Å². The summed E-state index contributed by atoms with van der Waals surface area (Å²) in [5.74, 6) is -4.60. The summed E-state index contributed by atoms with van der Waals surface area (Å²) in [5, 5.41) is 14.3. The number of hydrogen-bond acceptors (Lipinski definition) is 8. The molecule has 10 N–H and O–H groups in total. The van der Waals surface area contributed by atoms with Crippen molar-refractivity contribution < 1.29 is 33.6 Å². The van der Waals surface area contributed by atoms with Gasteiger partial charge in [-0.25, -0.2) is 0 Å². The van der Waals surface area contributed by atoms with Crippen LogP contribution in [0.3, 0.4) is 0 Å². The molecule has 36 heavy (non-hydrogen) atoms. The second-order valence-corrected chi connectivity index (χ2v) is 8.57. The highest BCUT2D eigenvalue weighted by molar-refractivity contribution is 5.96. The maximum absolute atomic E-state index is 12.4. The molecule has 7 amide bonds. The number of primary amides is 1. The summed E-state index contributed by atoms with van der Waals surface area (Å²) in [6.45, 7) is 9.79. The van der Waals surface area contributed by atoms with Crippen LogP contribution in [0.5, 0.6) is 0 Å². The predicted molar refractivity (Wildman–Crippen MR) is 128 cm³/mol. The molecule has 0 rings (SSSR count). The van der Waals surface area contributed by atoms with Gasteiger partial charge in [-0.3, -0.25) is 33.6 Å². The van der Waals surface area contributed by atoms with E-state index in [9.17, 15) is 33.6 Å². The molecule has 0 saturated carbocycles. The molecule has 0 aromatic heterocycles. The van der Waals surface area contributed by atoms with E-state index in [0.29, 0.717) is 0 Å². The lowest BCUT2D eigenvalue weighted by Crippen LogP contribution is -2.57. The van der Waals surface area contributed by atoms with Crippen molar-refractivity contribution in [1.82, 2.24) is 31.9 Å². The van der Waals surface area contributed by atoms with E-state index < -0.39 is 83.6 Å². The Labute approximate surface area is 209 Å². The van der Waals surface area contributed by atoms with Gasteiger partial charge < -0.3 is 43.4 Å². The van der Waals surface area contributed by atoms with E-state index >= 15 is 0 Å². The van der Waals surface area contributed by atoms with E-state index in [-0.39, 0.29) is 0 Å². The van der Waals surface area contributed by atoms with Gasteiger partial charge in [0.15, 0.2) is 0 Å². The first kappa shape index (κ1) is 32.2. The number of nitrogens with one attached hydrogen (secondary N) is 6. The lowest BCUT2D eigenvalue weighted by Gasteiger charge is -2.22. The van der Waals surface area contributed by atoms with Gasteiger partial charge in [0.05, 0.1) is 6.04 Å². The average Bonchev–Trinajstić information content (AvgIpc) is 2.77. The minimum Gasteiger partial charge on any atom is -0.368 e. The summed E-state index contributed by atoms with van der Waals surface area (Å²) in [6.07, 6.45) is 0. The molecular formula is C21H38N8O7. The van der Waals surface area contributed by atoms with Crippen LogP contribution < -0.4 is 43.4 Å². The van der Waals surface area contributed by atoms with E-state index in [1.54, 1.807) is 0 Å². The fourth-order valence-electron chi connectivity index (χ4n) is 2.44. The zero-order valence-electron chi connectivity index (χ0n) is 21.6. The number of hydrogen-bond donors (Lipinski definition) is 8. The largest absolute Gasteiger partial charge is 0.368 e. The van der Waals surface area contributed by atoms with Gasteiger partial charge in [0, 0.05) is 0 Å². The summed E-state index contributed by atoms with van der Waals surface area (Å²) in [6, 6.07) is -6.86. The minimum absolute atomic E-state index is 0.534. The highest BCUT2D eigenvalue weighted by Gasteiger charge is 2.27. The maximum atomic E-state index is 12.4. The van der Waals surface area contributed by atoms with Crippen molar-refractivity contribution >= 4 is 41.4 Å². The number of carbonyl (C=O) groups excluding carboxylic acids is 7. The molecule has 0 aliphatic carbocycles. The molecule has 0 bridgehead atoms. The Bertz CT molecular complexity index is 863. The summed E-state index contributed by atoms with van der Waals surface area (Å²) in [5.41, 5.74) is 10.5. The minimum atomic E-state index is -1.07. The number of amides is 7. The first-order valence-corrected chi connectivity index (χ1v) is 11.3. The van der Waals surface area contributed by atoms with E-state index in [1.165, 1.54) is 48.5 Å². The molecule has 0 aromatic carbocycles. The molecule has 204 valence electrons. The molecule has 0 heterocycles. The summed E-state index contributed by atoms with van der Waals surface area (Å²) in [7, 11) is 0. The lowest BCUT2D eigenvalue weighted by atomic mass is 10.2. The molecule has 0 saturated heterocycles. The van der Waals surface area contributed by atoms with Crippen LogP contribution >= 0.6 is 0 Å². The molecule has 0 unspecified atom stereocenters. The van der Waals surface area contributed by atoms with E-state index in [2.05, 4.69) is 31.9 Å². The second kappa shape index (κ2) is 14.6. The average molecular weight is 515 g/mol. The topological polar surface area (TPSA) is 244 Å². The maximum Gasteiger partial charge on any atom is 0.242 e. The standard InChI is InChI=1S/C21H38N8O7/c1-8(22)16(31)25-10(3)18(33)27-12(5)20(35)29-14(7)21(36)28-13(6)19(34)26-11(4)17(32)24-9(2)15(23)30/h8-14H,22H2,1-7H3,(H2,23,30)(H,24,32)(H,25,31)(H,26,34)(H,27,33)(H,28,36)(H,29,35)/t8-,9-,10-,11-,12-,13-,14-/m0/s1. The molecule has 0 radical (unpaired) electrons. The van der Waals surface area contributed by atoms with E-state index in [4.69, 9.17) is 11.5 Å². The molecule has 15 nitrogen and oxygen atoms in total. The van der Waals surface area contributed by atoms with Gasteiger partial charge in [-0.05, 0) is 48.5 Å². The van der Waals surface area contributed by atoms with Crippen molar-refractivity contribution in [1.29, 1.82) is 0 Å². The number of carbonyl (C=O) groups is 7. The van der Waals surface area contributed by atoms with Gasteiger partial charge in [-0.1, -0.05) is 0 Å². The van der Waals surface area contributed by atoms with E-state index in [1.807, 2.05) is 0 Å². The monoisotopic (exact) mass is 514 g/mol. The third-order valence-electron chi connectivity index (χ3n) is 4.96. The molecule has 0 aliphatic heterocycles. The van der Waals surface area contributed by atoms with Crippen LogP contribution in [-0.2, 0) is 33.6 Å². The van der Waals surface area contributed by atoms with Crippen molar-refractivity contribution in [3.05, 3.63) is 0 Å². The van der Waals surface area contributed by atoms with Gasteiger partial charge in [0.25, 0.3) is 0 Å². The van der Waals surface area contributed by atoms with Crippen molar-refractivity contribution in [3.8, 4) is 0 Å². The highest BCUT2D eigenvalue weighted by Crippen LogP contribution is 1.94. The fraction of sp³-hybridized carbons (Fsp3) is 0.667. The molecule has 0 aromatic rings. The van der Waals surface area contributed by atoms with Gasteiger partial charge in [-0.2, -0.15) is 0 Å². The highest BCUT2D eigenvalue weighted by atomic mass is 16.2. The van der Waals surface area contributed by atoms with Crippen molar-refractivity contribution in [3.63, 3.8) is 0 Å². The smallest absolute Gasteiger partial charge is 0.242 e. The summed E-state index contributed by atoms with van der Waals surface area (Å²) in [4.78, 5) is 83.8. The molecule has 15 heteroatoms. The Morgan fingerprint density at radius 1 is 0.417 bits per heavy atom. The molecule has 0 fully saturated rings. The van der Waals surface area contributed by atoms with Crippen LogP contribution in [0.25, 0.3) is 0 Å². The number of nitrogens with two attached hydrogens (primary N) is 2. The molecule has 0 spiro atoms. The van der Waals surface area contributed by atoms with Crippen molar-refractivity contribution in [2.75, 3.05) is 0 Å². The quantitative estimate of drug-likeness (QED) is 0.120. The van der Waals surface area contributed by atoms with Crippen LogP contribution in [0.15, 0.2) is 0 Å². The molecular weight excluding hydrogens is 476 g/mol. The molecule has 0 aliphatic rings. The van der Waals surface area contributed by atoms with Crippen LogP contribution in [0.1, 0.15) is 48.5 Å². The first-order chi connectivity index (χ1) is 16.5. The SMILES string of the molecule is C[C@H](N)C(=O)N[C@@H](C)C(=O)N[C@@H](C)C(=O)N[C@@H](C)C(=O)N[C@@H](C)C(=O)N[C@@H](C)C(=O)N[C@@H](C)C(N)=O. The van der Waals surface area contributed by atoms with Crippen molar-refractivity contribution in [2.45, 2.75) is 90.8 Å². The zero-order chi connectivity index (χ0) is 28.3. The lowest BCUT2D eigenvalue weighted by molar-refractivity contribution is -0.134. The third kappa shape index (κ3) is 11.1. The van der Waals surface area contributed by atoms with Crippen LogP contribution in [0.2, 0.25) is 0 Å². The van der Waals surface area contributed by atoms with Gasteiger partial charge in [0.1, 0.15) is 36.3 Å². The Morgan fingerprint density at radius 3 is 0.806 bits per heavy atom. The predicted octanol–water partition coefficient (Wildman–Crippen LogP) is -4.15. The zero-order valence-corrected chi connectivity index (χ0v) is 21.6. The molecule has 7 atom stereocenters. The number of rotatable bonds is 13. The van der Waals surface area contributed by atoms with Crippen LogP contribution in [0, 0.1) is 0 Å².